The van der Waals surface area contributed by atoms with Crippen molar-refractivity contribution >= 4 is 32.3 Å². The van der Waals surface area contributed by atoms with Crippen molar-refractivity contribution in [2.75, 3.05) is 0 Å². The Hall–Kier alpha value is -4.68. The van der Waals surface area contributed by atoms with Crippen LogP contribution in [0.3, 0.4) is 0 Å². The van der Waals surface area contributed by atoms with Crippen LogP contribution in [0.2, 0.25) is 0 Å². The highest BCUT2D eigenvalue weighted by Crippen LogP contribution is 2.48. The van der Waals surface area contributed by atoms with Gasteiger partial charge in [-0.3, -0.25) is 0 Å². The van der Waals surface area contributed by atoms with Crippen LogP contribution in [0.15, 0.2) is 140 Å². The van der Waals surface area contributed by atoms with E-state index < -0.39 is 0 Å². The number of hydrogen-bond acceptors (Lipinski definition) is 0. The zero-order valence-electron chi connectivity index (χ0n) is 25.3. The third-order valence-corrected chi connectivity index (χ3v) is 8.54. The Kier molecular flexibility index (Phi) is 7.40. The summed E-state index contributed by atoms with van der Waals surface area (Å²) in [5, 5.41) is 7.97. The minimum Gasteiger partial charge on any atom is -0.0619 e. The Morgan fingerprint density at radius 3 is 1.67 bits per heavy atom. The molecule has 0 atom stereocenters. The van der Waals surface area contributed by atoms with E-state index in [9.17, 15) is 0 Å². The van der Waals surface area contributed by atoms with E-state index in [1.54, 1.807) is 0 Å². The molecule has 0 fully saturated rings. The van der Waals surface area contributed by atoms with Gasteiger partial charge in [0.15, 0.2) is 0 Å². The quantitative estimate of drug-likeness (QED) is 0.167. The van der Waals surface area contributed by atoms with Crippen LogP contribution in [-0.4, -0.2) is 0 Å². The molecule has 0 spiro atoms. The molecule has 0 heteroatoms. The van der Waals surface area contributed by atoms with Crippen LogP contribution in [0, 0.1) is 20.8 Å². The monoisotopic (exact) mass is 542 g/mol. The van der Waals surface area contributed by atoms with E-state index in [-0.39, 0.29) is 5.41 Å². The van der Waals surface area contributed by atoms with Gasteiger partial charge in [-0.25, -0.2) is 0 Å². The van der Waals surface area contributed by atoms with Crippen molar-refractivity contribution in [2.24, 2.45) is 0 Å². The third kappa shape index (κ3) is 5.33. The van der Waals surface area contributed by atoms with Crippen LogP contribution in [0.1, 0.15) is 41.7 Å². The molecular formula is C42H38. The largest absolute Gasteiger partial charge is 0.0619 e. The Morgan fingerprint density at radius 2 is 0.857 bits per heavy atom. The summed E-state index contributed by atoms with van der Waals surface area (Å²) in [6.45, 7) is 11.1. The number of fused-ring (bicyclic) bond motifs is 7. The zero-order chi connectivity index (χ0) is 29.3. The van der Waals surface area contributed by atoms with Crippen molar-refractivity contribution in [1.82, 2.24) is 0 Å². The predicted molar refractivity (Wildman–Crippen MR) is 184 cm³/mol. The van der Waals surface area contributed by atoms with Gasteiger partial charge in [-0.2, -0.15) is 0 Å². The van der Waals surface area contributed by atoms with Gasteiger partial charge in [-0.05, 0) is 75.3 Å². The maximum atomic E-state index is 2.33. The van der Waals surface area contributed by atoms with Gasteiger partial charge in [-0.15, -0.1) is 0 Å². The van der Waals surface area contributed by atoms with E-state index in [1.165, 1.54) is 71.3 Å². The van der Waals surface area contributed by atoms with Crippen molar-refractivity contribution in [3.05, 3.63) is 167 Å². The first-order chi connectivity index (χ1) is 20.3. The van der Waals surface area contributed by atoms with E-state index in [2.05, 4.69) is 174 Å². The minimum atomic E-state index is 0.151. The summed E-state index contributed by atoms with van der Waals surface area (Å²) in [5.74, 6) is 0. The van der Waals surface area contributed by atoms with Gasteiger partial charge in [0.05, 0.1) is 0 Å². The second-order valence-corrected chi connectivity index (χ2v) is 12.1. The Morgan fingerprint density at radius 1 is 0.357 bits per heavy atom. The van der Waals surface area contributed by atoms with Crippen molar-refractivity contribution in [3.8, 4) is 11.1 Å². The molecular weight excluding hydrogens is 504 g/mol. The minimum absolute atomic E-state index is 0.151. The molecule has 0 aliphatic heterocycles. The average molecular weight is 543 g/mol. The first-order valence-electron chi connectivity index (χ1n) is 14.9. The first kappa shape index (κ1) is 27.5. The fourth-order valence-corrected chi connectivity index (χ4v) is 6.26. The first-order valence-corrected chi connectivity index (χ1v) is 14.9. The van der Waals surface area contributed by atoms with Gasteiger partial charge in [0.2, 0.25) is 0 Å². The van der Waals surface area contributed by atoms with Crippen molar-refractivity contribution < 1.29 is 0 Å². The molecule has 1 aliphatic rings. The van der Waals surface area contributed by atoms with E-state index in [0.29, 0.717) is 0 Å². The van der Waals surface area contributed by atoms with Crippen molar-refractivity contribution in [2.45, 2.75) is 40.0 Å². The molecule has 7 aromatic carbocycles. The topological polar surface area (TPSA) is 0 Å². The van der Waals surface area contributed by atoms with E-state index >= 15 is 0 Å². The molecule has 0 heterocycles. The molecule has 7 aromatic rings. The van der Waals surface area contributed by atoms with Gasteiger partial charge in [-0.1, -0.05) is 170 Å². The molecule has 1 aliphatic carbocycles. The smallest absolute Gasteiger partial charge is 0.0158 e. The standard InChI is InChI=1S/C16H16.C15H12.C11H10/c1-11-8-9-13-12-6-4-5-7-14(12)16(2,3)15(13)10-11;1-11-6-9-15-13(10-11)8-7-12-4-2-3-5-14(12)15;1-9-6-7-10-4-2-3-5-11(10)8-9/h4-10H,1-3H3;2-10H,1H3;2-8H,1H3. The van der Waals surface area contributed by atoms with Gasteiger partial charge in [0, 0.05) is 5.41 Å². The van der Waals surface area contributed by atoms with Gasteiger partial charge < -0.3 is 0 Å². The second-order valence-electron chi connectivity index (χ2n) is 12.1. The lowest BCUT2D eigenvalue weighted by Gasteiger charge is -2.21. The summed E-state index contributed by atoms with van der Waals surface area (Å²) in [7, 11) is 0. The summed E-state index contributed by atoms with van der Waals surface area (Å²) in [4.78, 5) is 0. The molecule has 206 valence electrons. The molecule has 0 unspecified atom stereocenters. The average Bonchev–Trinajstić information content (AvgIpc) is 3.23. The highest BCUT2D eigenvalue weighted by Gasteiger charge is 2.34. The van der Waals surface area contributed by atoms with Gasteiger partial charge in [0.25, 0.3) is 0 Å². The van der Waals surface area contributed by atoms with Crippen molar-refractivity contribution in [1.29, 1.82) is 0 Å². The van der Waals surface area contributed by atoms with Crippen LogP contribution in [0.4, 0.5) is 0 Å². The summed E-state index contributed by atoms with van der Waals surface area (Å²) in [5.41, 5.74) is 9.87. The molecule has 0 amide bonds. The fourth-order valence-electron chi connectivity index (χ4n) is 6.26. The molecule has 42 heavy (non-hydrogen) atoms. The number of benzene rings is 7. The molecule has 0 bridgehead atoms. The second kappa shape index (κ2) is 11.3. The Balaban J connectivity index is 0.000000115. The van der Waals surface area contributed by atoms with E-state index in [0.717, 1.165) is 0 Å². The van der Waals surface area contributed by atoms with Crippen molar-refractivity contribution in [3.63, 3.8) is 0 Å². The molecule has 0 saturated heterocycles. The van der Waals surface area contributed by atoms with Crippen LogP contribution in [0.25, 0.3) is 43.4 Å². The maximum Gasteiger partial charge on any atom is 0.0158 e. The summed E-state index contributed by atoms with van der Waals surface area (Å²) in [6, 6.07) is 50.0. The maximum absolute atomic E-state index is 2.33. The summed E-state index contributed by atoms with van der Waals surface area (Å²) in [6.07, 6.45) is 0. The molecule has 0 radical (unpaired) electrons. The molecule has 0 saturated carbocycles. The van der Waals surface area contributed by atoms with Gasteiger partial charge in [0.1, 0.15) is 0 Å². The molecule has 0 N–H and O–H groups in total. The summed E-state index contributed by atoms with van der Waals surface area (Å²) < 4.78 is 0. The van der Waals surface area contributed by atoms with Crippen LogP contribution >= 0.6 is 0 Å². The number of rotatable bonds is 0. The fraction of sp³-hybridized carbons (Fsp3) is 0.143. The Bertz CT molecular complexity index is 2040. The lowest BCUT2D eigenvalue weighted by atomic mass is 9.82. The number of aryl methyl sites for hydroxylation is 3. The van der Waals surface area contributed by atoms with Gasteiger partial charge >= 0.3 is 0 Å². The van der Waals surface area contributed by atoms with Crippen LogP contribution in [0.5, 0.6) is 0 Å². The van der Waals surface area contributed by atoms with Crippen LogP contribution < -0.4 is 0 Å². The third-order valence-electron chi connectivity index (χ3n) is 8.54. The molecule has 0 nitrogen and oxygen atoms in total. The summed E-state index contributed by atoms with van der Waals surface area (Å²) >= 11 is 0. The molecule has 8 rings (SSSR count). The number of hydrogen-bond donors (Lipinski definition) is 0. The Labute approximate surface area is 250 Å². The van der Waals surface area contributed by atoms with Crippen LogP contribution in [-0.2, 0) is 5.41 Å². The predicted octanol–water partition coefficient (Wildman–Crippen LogP) is 11.8. The lowest BCUT2D eigenvalue weighted by Crippen LogP contribution is -2.14. The molecule has 0 aromatic heterocycles. The normalized spacial score (nSPS) is 12.6. The highest BCUT2D eigenvalue weighted by molar-refractivity contribution is 6.07. The zero-order valence-corrected chi connectivity index (χ0v) is 25.3. The van der Waals surface area contributed by atoms with E-state index in [4.69, 9.17) is 0 Å². The SMILES string of the molecule is Cc1ccc2c(c1)C(C)(C)c1ccccc1-2.Cc1ccc2c(ccc3ccccc32)c1.Cc1ccc2ccccc2c1. The highest BCUT2D eigenvalue weighted by atomic mass is 14.4. The lowest BCUT2D eigenvalue weighted by molar-refractivity contribution is 0.660. The van der Waals surface area contributed by atoms with E-state index in [1.807, 2.05) is 0 Å².